The van der Waals surface area contributed by atoms with Crippen molar-refractivity contribution in [2.75, 3.05) is 0 Å². The second kappa shape index (κ2) is 3.94. The van der Waals surface area contributed by atoms with Gasteiger partial charge in [0.15, 0.2) is 0 Å². The Morgan fingerprint density at radius 2 is 1.92 bits per heavy atom. The molecule has 0 saturated heterocycles. The van der Waals surface area contributed by atoms with Crippen LogP contribution in [-0.2, 0) is 0 Å². The summed E-state index contributed by atoms with van der Waals surface area (Å²) in [6.45, 7) is 9.39. The summed E-state index contributed by atoms with van der Waals surface area (Å²) < 4.78 is 0. The Balaban J connectivity index is 3.17. The zero-order valence-corrected chi connectivity index (χ0v) is 7.83. The van der Waals surface area contributed by atoms with Gasteiger partial charge in [0.2, 0.25) is 0 Å². The van der Waals surface area contributed by atoms with Crippen LogP contribution < -0.4 is 0 Å². The highest BCUT2D eigenvalue weighted by molar-refractivity contribution is 5.41. The van der Waals surface area contributed by atoms with Gasteiger partial charge in [-0.2, -0.15) is 0 Å². The minimum atomic E-state index is 0.0277. The Labute approximate surface area is 79.0 Å². The third kappa shape index (κ3) is 2.00. The van der Waals surface area contributed by atoms with Gasteiger partial charge in [0.05, 0.1) is 0 Å². The van der Waals surface area contributed by atoms with Crippen molar-refractivity contribution >= 4 is 0 Å². The number of hydrogen-bond donors (Lipinski definition) is 1. The molecule has 1 nitrogen and oxygen atoms in total. The highest BCUT2D eigenvalue weighted by atomic mass is 16.3. The van der Waals surface area contributed by atoms with Gasteiger partial charge in [0.1, 0.15) is 5.75 Å². The van der Waals surface area contributed by atoms with E-state index in [0.29, 0.717) is 5.75 Å². The van der Waals surface area contributed by atoms with Crippen LogP contribution in [-0.4, -0.2) is 5.11 Å². The van der Waals surface area contributed by atoms with Gasteiger partial charge in [-0.05, 0) is 13.0 Å². The first-order valence-electron chi connectivity index (χ1n) is 4.23. The van der Waals surface area contributed by atoms with E-state index in [2.05, 4.69) is 13.2 Å². The molecule has 0 spiro atoms. The molecule has 13 heavy (non-hydrogen) atoms. The number of phenols is 1. The maximum absolute atomic E-state index is 9.57. The monoisotopic (exact) mass is 174 g/mol. The molecule has 0 fully saturated rings. The highest BCUT2D eigenvalue weighted by Crippen LogP contribution is 2.27. The number of rotatable bonds is 3. The second-order valence-electron chi connectivity index (χ2n) is 3.06. The van der Waals surface area contributed by atoms with Crippen LogP contribution >= 0.6 is 0 Å². The standard InChI is InChI=1S/C12H14O/c1-4-10(5-2)11-8-9(3)6-7-12(11)13/h4-8,10,13H,1-2H2,3H3. The van der Waals surface area contributed by atoms with E-state index in [9.17, 15) is 5.11 Å². The maximum atomic E-state index is 9.57. The zero-order chi connectivity index (χ0) is 9.84. The van der Waals surface area contributed by atoms with Gasteiger partial charge in [-0.25, -0.2) is 0 Å². The third-order valence-corrected chi connectivity index (χ3v) is 2.05. The van der Waals surface area contributed by atoms with E-state index in [4.69, 9.17) is 0 Å². The fourth-order valence-corrected chi connectivity index (χ4v) is 1.29. The van der Waals surface area contributed by atoms with Crippen LogP contribution in [0.1, 0.15) is 17.0 Å². The summed E-state index contributed by atoms with van der Waals surface area (Å²) in [6.07, 6.45) is 3.53. The molecule has 1 aromatic carbocycles. The van der Waals surface area contributed by atoms with Gasteiger partial charge in [0, 0.05) is 11.5 Å². The van der Waals surface area contributed by atoms with E-state index in [1.165, 1.54) is 0 Å². The lowest BCUT2D eigenvalue weighted by Crippen LogP contribution is -1.91. The van der Waals surface area contributed by atoms with Gasteiger partial charge >= 0.3 is 0 Å². The molecule has 0 saturated carbocycles. The number of phenolic OH excluding ortho intramolecular Hbond substituents is 1. The first kappa shape index (κ1) is 9.59. The summed E-state index contributed by atoms with van der Waals surface area (Å²) >= 11 is 0. The van der Waals surface area contributed by atoms with Crippen LogP contribution in [0.2, 0.25) is 0 Å². The normalized spacial score (nSPS) is 10.0. The van der Waals surface area contributed by atoms with Crippen LogP contribution in [0, 0.1) is 6.92 Å². The van der Waals surface area contributed by atoms with Gasteiger partial charge < -0.3 is 5.11 Å². The molecule has 0 atom stereocenters. The lowest BCUT2D eigenvalue weighted by Gasteiger charge is -2.10. The summed E-state index contributed by atoms with van der Waals surface area (Å²) in [6, 6.07) is 5.52. The van der Waals surface area contributed by atoms with Crippen molar-refractivity contribution in [1.82, 2.24) is 0 Å². The Morgan fingerprint density at radius 1 is 1.31 bits per heavy atom. The van der Waals surface area contributed by atoms with Crippen molar-refractivity contribution in [3.05, 3.63) is 54.6 Å². The number of hydrogen-bond acceptors (Lipinski definition) is 1. The number of aromatic hydroxyl groups is 1. The Kier molecular flexibility index (Phi) is 2.91. The van der Waals surface area contributed by atoms with Crippen LogP contribution in [0.15, 0.2) is 43.5 Å². The number of benzene rings is 1. The van der Waals surface area contributed by atoms with E-state index in [1.807, 2.05) is 19.1 Å². The van der Waals surface area contributed by atoms with Crippen LogP contribution in [0.25, 0.3) is 0 Å². The summed E-state index contributed by atoms with van der Waals surface area (Å²) in [5.74, 6) is 0.329. The molecule has 0 aromatic heterocycles. The van der Waals surface area contributed by atoms with E-state index in [0.717, 1.165) is 11.1 Å². The first-order valence-corrected chi connectivity index (χ1v) is 4.23. The van der Waals surface area contributed by atoms with Crippen molar-refractivity contribution in [3.63, 3.8) is 0 Å². The van der Waals surface area contributed by atoms with E-state index >= 15 is 0 Å². The van der Waals surface area contributed by atoms with Gasteiger partial charge in [-0.1, -0.05) is 29.8 Å². The van der Waals surface area contributed by atoms with Crippen molar-refractivity contribution in [2.24, 2.45) is 0 Å². The topological polar surface area (TPSA) is 20.2 Å². The molecule has 0 radical (unpaired) electrons. The zero-order valence-electron chi connectivity index (χ0n) is 7.83. The Hall–Kier alpha value is -1.50. The molecule has 1 N–H and O–H groups in total. The van der Waals surface area contributed by atoms with Gasteiger partial charge in [-0.3, -0.25) is 0 Å². The smallest absolute Gasteiger partial charge is 0.119 e. The maximum Gasteiger partial charge on any atom is 0.119 e. The highest BCUT2D eigenvalue weighted by Gasteiger charge is 2.07. The molecular weight excluding hydrogens is 160 g/mol. The SMILES string of the molecule is C=CC(C=C)c1cc(C)ccc1O. The van der Waals surface area contributed by atoms with Crippen LogP contribution in [0.3, 0.4) is 0 Å². The van der Waals surface area contributed by atoms with Crippen molar-refractivity contribution in [2.45, 2.75) is 12.8 Å². The molecule has 1 heteroatoms. The second-order valence-corrected chi connectivity index (χ2v) is 3.06. The molecule has 0 aliphatic heterocycles. The predicted octanol–water partition coefficient (Wildman–Crippen LogP) is 3.16. The lowest BCUT2D eigenvalue weighted by molar-refractivity contribution is 0.468. The van der Waals surface area contributed by atoms with Crippen LogP contribution in [0.5, 0.6) is 5.75 Å². The summed E-state index contributed by atoms with van der Waals surface area (Å²) in [5.41, 5.74) is 1.99. The molecule has 0 amide bonds. The third-order valence-electron chi connectivity index (χ3n) is 2.05. The number of allylic oxidation sites excluding steroid dienone is 2. The van der Waals surface area contributed by atoms with E-state index < -0.39 is 0 Å². The minimum Gasteiger partial charge on any atom is -0.508 e. The molecule has 0 aliphatic carbocycles. The van der Waals surface area contributed by atoms with Gasteiger partial charge in [-0.15, -0.1) is 13.2 Å². The fourth-order valence-electron chi connectivity index (χ4n) is 1.29. The van der Waals surface area contributed by atoms with Crippen molar-refractivity contribution in [3.8, 4) is 5.75 Å². The van der Waals surface area contributed by atoms with Crippen LogP contribution in [0.4, 0.5) is 0 Å². The summed E-state index contributed by atoms with van der Waals surface area (Å²) in [5, 5.41) is 9.57. The summed E-state index contributed by atoms with van der Waals surface area (Å²) in [4.78, 5) is 0. The van der Waals surface area contributed by atoms with E-state index in [-0.39, 0.29) is 5.92 Å². The lowest BCUT2D eigenvalue weighted by atomic mass is 9.97. The molecule has 0 bridgehead atoms. The molecular formula is C12H14O. The summed E-state index contributed by atoms with van der Waals surface area (Å²) in [7, 11) is 0. The minimum absolute atomic E-state index is 0.0277. The Bertz CT molecular complexity index is 318. The molecule has 68 valence electrons. The number of aryl methyl sites for hydroxylation is 1. The average Bonchev–Trinajstić information content (AvgIpc) is 2.13. The predicted molar refractivity (Wildman–Crippen MR) is 56.0 cm³/mol. The molecule has 0 unspecified atom stereocenters. The first-order chi connectivity index (χ1) is 6.19. The molecule has 1 rings (SSSR count). The Morgan fingerprint density at radius 3 is 2.46 bits per heavy atom. The van der Waals surface area contributed by atoms with Crippen molar-refractivity contribution in [1.29, 1.82) is 0 Å². The van der Waals surface area contributed by atoms with Crippen molar-refractivity contribution < 1.29 is 5.11 Å². The quantitative estimate of drug-likeness (QED) is 0.698. The average molecular weight is 174 g/mol. The largest absolute Gasteiger partial charge is 0.508 e. The van der Waals surface area contributed by atoms with Gasteiger partial charge in [0.25, 0.3) is 0 Å². The molecule has 0 aliphatic rings. The molecule has 0 heterocycles. The van der Waals surface area contributed by atoms with E-state index in [1.54, 1.807) is 18.2 Å². The fraction of sp³-hybridized carbons (Fsp3) is 0.167. The molecule has 1 aromatic rings.